The van der Waals surface area contributed by atoms with Crippen LogP contribution in [0.3, 0.4) is 0 Å². The van der Waals surface area contributed by atoms with E-state index in [1.165, 1.54) is 6.42 Å². The van der Waals surface area contributed by atoms with Gasteiger partial charge in [-0.15, -0.1) is 0 Å². The van der Waals surface area contributed by atoms with Crippen molar-refractivity contribution >= 4 is 11.6 Å². The van der Waals surface area contributed by atoms with Gasteiger partial charge in [0.15, 0.2) is 0 Å². The summed E-state index contributed by atoms with van der Waals surface area (Å²) in [7, 11) is 0. The van der Waals surface area contributed by atoms with Gasteiger partial charge in [-0.1, -0.05) is 18.2 Å². The Hall–Kier alpha value is -1.35. The first-order chi connectivity index (χ1) is 9.57. The van der Waals surface area contributed by atoms with Crippen LogP contribution in [0.15, 0.2) is 30.3 Å². The van der Waals surface area contributed by atoms with E-state index in [-0.39, 0.29) is 11.3 Å². The quantitative estimate of drug-likeness (QED) is 0.869. The van der Waals surface area contributed by atoms with E-state index in [1.807, 2.05) is 30.3 Å². The van der Waals surface area contributed by atoms with E-state index in [4.69, 9.17) is 0 Å². The molecule has 5 rings (SSSR count). The van der Waals surface area contributed by atoms with Crippen molar-refractivity contribution in [2.45, 2.75) is 44.1 Å². The summed E-state index contributed by atoms with van der Waals surface area (Å²) in [5.74, 6) is 1.21. The number of hydrogen-bond donors (Lipinski definition) is 2. The van der Waals surface area contributed by atoms with Crippen molar-refractivity contribution in [1.29, 1.82) is 0 Å². The van der Waals surface area contributed by atoms with Crippen molar-refractivity contribution < 1.29 is 9.90 Å². The Bertz CT molecular complexity index is 525. The van der Waals surface area contributed by atoms with Crippen molar-refractivity contribution in [2.75, 3.05) is 5.32 Å². The Morgan fingerprint density at radius 2 is 1.75 bits per heavy atom. The zero-order chi connectivity index (χ0) is 13.8. The average Bonchev–Trinajstić information content (AvgIpc) is 2.37. The highest BCUT2D eigenvalue weighted by atomic mass is 16.3. The topological polar surface area (TPSA) is 49.3 Å². The van der Waals surface area contributed by atoms with Gasteiger partial charge >= 0.3 is 0 Å². The van der Waals surface area contributed by atoms with Crippen LogP contribution in [0, 0.1) is 17.3 Å². The minimum absolute atomic E-state index is 0.122. The van der Waals surface area contributed by atoms with Gasteiger partial charge in [-0.05, 0) is 62.5 Å². The number of aliphatic hydroxyl groups is 1. The number of carbonyl (C=O) groups excluding carboxylic acids is 1. The van der Waals surface area contributed by atoms with E-state index in [2.05, 4.69) is 5.32 Å². The van der Waals surface area contributed by atoms with Crippen molar-refractivity contribution in [3.8, 4) is 0 Å². The third-order valence-corrected chi connectivity index (χ3v) is 5.54. The molecule has 4 fully saturated rings. The molecule has 3 nitrogen and oxygen atoms in total. The van der Waals surface area contributed by atoms with E-state index < -0.39 is 5.60 Å². The molecule has 1 aromatic carbocycles. The predicted octanol–water partition coefficient (Wildman–Crippen LogP) is 2.96. The average molecular weight is 271 g/mol. The lowest BCUT2D eigenvalue weighted by atomic mass is 9.47. The van der Waals surface area contributed by atoms with E-state index in [0.29, 0.717) is 18.3 Å². The number of carbonyl (C=O) groups is 1. The Balaban J connectivity index is 1.60. The fraction of sp³-hybridized carbons (Fsp3) is 0.588. The van der Waals surface area contributed by atoms with Crippen LogP contribution in [0.25, 0.3) is 0 Å². The van der Waals surface area contributed by atoms with Gasteiger partial charge < -0.3 is 10.4 Å². The normalized spacial score (nSPS) is 41.6. The molecule has 106 valence electrons. The summed E-state index contributed by atoms with van der Waals surface area (Å²) in [6.45, 7) is 0. The lowest BCUT2D eigenvalue weighted by Crippen LogP contribution is -2.59. The molecule has 4 aliphatic rings. The Morgan fingerprint density at radius 3 is 2.35 bits per heavy atom. The second-order valence-corrected chi connectivity index (χ2v) is 7.29. The zero-order valence-corrected chi connectivity index (χ0v) is 11.6. The summed E-state index contributed by atoms with van der Waals surface area (Å²) in [4.78, 5) is 12.8. The molecule has 4 atom stereocenters. The first-order valence-corrected chi connectivity index (χ1v) is 7.66. The van der Waals surface area contributed by atoms with Crippen molar-refractivity contribution in [3.63, 3.8) is 0 Å². The number of anilines is 1. The molecule has 0 radical (unpaired) electrons. The standard InChI is InChI=1S/C17H21NO2/c19-15(18-14-4-2-1-3-5-14)16-7-12-6-13(8-16)10-17(20,9-12)11-16/h1-5,12-13,20H,6-11H2,(H,18,19)/t12-,13+,16?,17?. The Kier molecular flexibility index (Phi) is 2.53. The van der Waals surface area contributed by atoms with Crippen LogP contribution in [0.2, 0.25) is 0 Å². The Morgan fingerprint density at radius 1 is 1.10 bits per heavy atom. The van der Waals surface area contributed by atoms with Crippen molar-refractivity contribution in [1.82, 2.24) is 0 Å². The summed E-state index contributed by atoms with van der Waals surface area (Å²) in [6, 6.07) is 9.66. The van der Waals surface area contributed by atoms with Gasteiger partial charge in [0.25, 0.3) is 0 Å². The molecular formula is C17H21NO2. The molecule has 0 saturated heterocycles. The number of amides is 1. The minimum atomic E-state index is -0.571. The molecule has 2 unspecified atom stereocenters. The largest absolute Gasteiger partial charge is 0.390 e. The number of benzene rings is 1. The van der Waals surface area contributed by atoms with Crippen LogP contribution >= 0.6 is 0 Å². The lowest BCUT2D eigenvalue weighted by molar-refractivity contribution is -0.174. The molecule has 0 heterocycles. The third-order valence-electron chi connectivity index (χ3n) is 5.54. The van der Waals surface area contributed by atoms with Crippen LogP contribution in [0.5, 0.6) is 0 Å². The highest BCUT2D eigenvalue weighted by molar-refractivity contribution is 5.95. The van der Waals surface area contributed by atoms with Gasteiger partial charge in [0.2, 0.25) is 5.91 Å². The van der Waals surface area contributed by atoms with Crippen LogP contribution in [0.1, 0.15) is 38.5 Å². The summed E-state index contributed by atoms with van der Waals surface area (Å²) < 4.78 is 0. The van der Waals surface area contributed by atoms with Gasteiger partial charge in [-0.3, -0.25) is 4.79 Å². The molecule has 0 aliphatic heterocycles. The van der Waals surface area contributed by atoms with Crippen LogP contribution in [0.4, 0.5) is 5.69 Å². The molecule has 2 N–H and O–H groups in total. The second kappa shape index (κ2) is 4.08. The molecule has 1 amide bonds. The molecule has 0 aromatic heterocycles. The predicted molar refractivity (Wildman–Crippen MR) is 77.1 cm³/mol. The van der Waals surface area contributed by atoms with Gasteiger partial charge in [-0.2, -0.15) is 0 Å². The number of rotatable bonds is 2. The number of para-hydroxylation sites is 1. The third kappa shape index (κ3) is 1.87. The SMILES string of the molecule is O=C(Nc1ccccc1)C12C[C@@H]3C[C@@H](CC(O)(C3)C1)C2. The smallest absolute Gasteiger partial charge is 0.230 e. The van der Waals surface area contributed by atoms with E-state index in [0.717, 1.165) is 31.4 Å². The maximum atomic E-state index is 12.8. The molecule has 4 saturated carbocycles. The highest BCUT2D eigenvalue weighted by Gasteiger charge is 2.60. The summed E-state index contributed by atoms with van der Waals surface area (Å²) in [5, 5.41) is 13.8. The van der Waals surface area contributed by atoms with E-state index in [1.54, 1.807) is 0 Å². The maximum Gasteiger partial charge on any atom is 0.230 e. The van der Waals surface area contributed by atoms with E-state index in [9.17, 15) is 9.90 Å². The fourth-order valence-electron chi connectivity index (χ4n) is 5.27. The van der Waals surface area contributed by atoms with Crippen molar-refractivity contribution in [3.05, 3.63) is 30.3 Å². The first-order valence-electron chi connectivity index (χ1n) is 7.66. The minimum Gasteiger partial charge on any atom is -0.390 e. The summed E-state index contributed by atoms with van der Waals surface area (Å²) in [5.41, 5.74) is -0.0347. The van der Waals surface area contributed by atoms with Crippen LogP contribution in [-0.4, -0.2) is 16.6 Å². The number of hydrogen-bond acceptors (Lipinski definition) is 2. The maximum absolute atomic E-state index is 12.8. The Labute approximate surface area is 119 Å². The monoisotopic (exact) mass is 271 g/mol. The zero-order valence-electron chi connectivity index (χ0n) is 11.6. The molecule has 20 heavy (non-hydrogen) atoms. The number of nitrogens with one attached hydrogen (secondary N) is 1. The van der Waals surface area contributed by atoms with Gasteiger partial charge in [0.1, 0.15) is 0 Å². The molecule has 4 aliphatic carbocycles. The van der Waals surface area contributed by atoms with Gasteiger partial charge in [0, 0.05) is 5.69 Å². The molecule has 0 spiro atoms. The van der Waals surface area contributed by atoms with Gasteiger partial charge in [-0.25, -0.2) is 0 Å². The summed E-state index contributed by atoms with van der Waals surface area (Å²) in [6.07, 6.45) is 5.61. The lowest BCUT2D eigenvalue weighted by Gasteiger charge is -2.59. The molecular weight excluding hydrogens is 250 g/mol. The van der Waals surface area contributed by atoms with Crippen LogP contribution in [-0.2, 0) is 4.79 Å². The highest BCUT2D eigenvalue weighted by Crippen LogP contribution is 2.61. The fourth-order valence-corrected chi connectivity index (χ4v) is 5.27. The molecule has 3 heteroatoms. The molecule has 1 aromatic rings. The molecule has 4 bridgehead atoms. The van der Waals surface area contributed by atoms with E-state index >= 15 is 0 Å². The van der Waals surface area contributed by atoms with Gasteiger partial charge in [0.05, 0.1) is 11.0 Å². The first kappa shape index (κ1) is 12.4. The van der Waals surface area contributed by atoms with Crippen molar-refractivity contribution in [2.24, 2.45) is 17.3 Å². The van der Waals surface area contributed by atoms with Crippen LogP contribution < -0.4 is 5.32 Å². The summed E-state index contributed by atoms with van der Waals surface area (Å²) >= 11 is 0. The second-order valence-electron chi connectivity index (χ2n) is 7.29.